The first-order valence-electron chi connectivity index (χ1n) is 7.55. The van der Waals surface area contributed by atoms with Crippen molar-refractivity contribution in [1.29, 1.82) is 0 Å². The van der Waals surface area contributed by atoms with Crippen molar-refractivity contribution in [2.45, 2.75) is 12.8 Å². The molecule has 0 aliphatic rings. The topological polar surface area (TPSA) is 71.6 Å². The molecule has 1 aromatic carbocycles. The van der Waals surface area contributed by atoms with Crippen LogP contribution in [0.1, 0.15) is 12.8 Å². The van der Waals surface area contributed by atoms with Gasteiger partial charge >= 0.3 is 5.95 Å². The number of unbranched alkanes of at least 4 members (excludes halogenated alkanes) is 1. The van der Waals surface area contributed by atoms with Crippen molar-refractivity contribution in [3.63, 3.8) is 0 Å². The summed E-state index contributed by atoms with van der Waals surface area (Å²) in [5.74, 6) is 0.805. The molecule has 0 saturated carbocycles. The molecule has 0 atom stereocenters. The predicted octanol–water partition coefficient (Wildman–Crippen LogP) is 3.27. The van der Waals surface area contributed by atoms with Gasteiger partial charge in [-0.2, -0.15) is 0 Å². The second-order valence-corrected chi connectivity index (χ2v) is 4.99. The Hall–Kier alpha value is -1.92. The van der Waals surface area contributed by atoms with Crippen LogP contribution in [-0.2, 0) is 14.1 Å². The molecule has 23 heavy (non-hydrogen) atoms. The lowest BCUT2D eigenvalue weighted by molar-refractivity contribution is -0.657. The summed E-state index contributed by atoms with van der Waals surface area (Å²) in [4.78, 5) is 0. The van der Waals surface area contributed by atoms with Crippen molar-refractivity contribution < 1.29 is 4.57 Å². The average molecular weight is 338 g/mol. The molecule has 1 heterocycles. The van der Waals surface area contributed by atoms with Gasteiger partial charge in [0.15, 0.2) is 0 Å². The van der Waals surface area contributed by atoms with Gasteiger partial charge in [-0.1, -0.05) is 5.11 Å². The molecule has 0 aliphatic carbocycles. The van der Waals surface area contributed by atoms with E-state index >= 15 is 0 Å². The molecule has 0 radical (unpaired) electrons. The van der Waals surface area contributed by atoms with Gasteiger partial charge < -0.3 is 11.1 Å². The number of halogens is 1. The predicted molar refractivity (Wildman–Crippen MR) is 95.8 cm³/mol. The van der Waals surface area contributed by atoms with Crippen molar-refractivity contribution in [2.24, 2.45) is 30.1 Å². The van der Waals surface area contributed by atoms with E-state index in [0.29, 0.717) is 0 Å². The third kappa shape index (κ3) is 6.38. The van der Waals surface area contributed by atoms with E-state index in [4.69, 9.17) is 5.73 Å². The molecule has 1 aromatic heterocycles. The summed E-state index contributed by atoms with van der Waals surface area (Å²) in [6.45, 7) is 1.69. The van der Waals surface area contributed by atoms with Crippen LogP contribution in [-0.4, -0.2) is 24.0 Å². The minimum absolute atomic E-state index is 0.748. The number of hydrogen-bond acceptors (Lipinski definition) is 4. The molecule has 6 nitrogen and oxygen atoms in total. The van der Waals surface area contributed by atoms with E-state index in [1.54, 1.807) is 0 Å². The number of imidazole rings is 1. The number of benzene rings is 1. The van der Waals surface area contributed by atoms with Gasteiger partial charge in [0.25, 0.3) is 0 Å². The molecule has 126 valence electrons. The smallest absolute Gasteiger partial charge is 0.385 e. The lowest BCUT2D eigenvalue weighted by atomic mass is 10.2. The molecular weight excluding hydrogens is 312 g/mol. The van der Waals surface area contributed by atoms with Crippen LogP contribution in [0.15, 0.2) is 46.9 Å². The fourth-order valence-electron chi connectivity index (χ4n) is 1.97. The lowest BCUT2D eigenvalue weighted by Crippen LogP contribution is -2.25. The molecule has 0 unspecified atom stereocenters. The van der Waals surface area contributed by atoms with E-state index in [1.165, 1.54) is 6.38 Å². The summed E-state index contributed by atoms with van der Waals surface area (Å²) in [5, 5.41) is 11.9. The van der Waals surface area contributed by atoms with Crippen LogP contribution in [0.4, 0.5) is 17.3 Å². The van der Waals surface area contributed by atoms with Gasteiger partial charge in [-0.05, 0) is 43.7 Å². The zero-order valence-corrected chi connectivity index (χ0v) is 14.8. The van der Waals surface area contributed by atoms with Crippen LogP contribution >= 0.6 is 11.6 Å². The fourth-order valence-corrected chi connectivity index (χ4v) is 1.97. The van der Waals surface area contributed by atoms with Crippen LogP contribution in [0.3, 0.4) is 0 Å². The first-order valence-corrected chi connectivity index (χ1v) is 8.31. The van der Waals surface area contributed by atoms with E-state index in [-0.39, 0.29) is 0 Å². The van der Waals surface area contributed by atoms with Crippen molar-refractivity contribution in [2.75, 3.05) is 24.8 Å². The summed E-state index contributed by atoms with van der Waals surface area (Å²) in [5.41, 5.74) is 7.40. The van der Waals surface area contributed by atoms with Crippen molar-refractivity contribution in [3.05, 3.63) is 36.7 Å². The Morgan fingerprint density at radius 3 is 2.43 bits per heavy atom. The monoisotopic (exact) mass is 337 g/mol. The highest BCUT2D eigenvalue weighted by molar-refractivity contribution is 6.15. The maximum atomic E-state index is 5.47. The quantitative estimate of drug-likeness (QED) is 0.352. The molecule has 0 fully saturated rings. The molecule has 2 rings (SSSR count). The van der Waals surface area contributed by atoms with Crippen molar-refractivity contribution in [3.8, 4) is 0 Å². The molecule has 0 bridgehead atoms. The number of aromatic nitrogens is 2. The maximum Gasteiger partial charge on any atom is 0.421 e. The van der Waals surface area contributed by atoms with Gasteiger partial charge in [-0.25, -0.2) is 9.13 Å². The molecule has 3 N–H and O–H groups in total. The molecular formula is C16H26ClN6+. The van der Waals surface area contributed by atoms with Gasteiger partial charge in [-0.15, -0.1) is 11.6 Å². The number of aryl methyl sites for hydroxylation is 2. The molecule has 0 aliphatic heterocycles. The number of hydrogen-bond donors (Lipinski definition) is 2. The average Bonchev–Trinajstić information content (AvgIpc) is 2.91. The third-order valence-electron chi connectivity index (χ3n) is 3.23. The van der Waals surface area contributed by atoms with Crippen molar-refractivity contribution in [1.82, 2.24) is 4.57 Å². The van der Waals surface area contributed by atoms with Crippen LogP contribution in [0, 0.1) is 0 Å². The van der Waals surface area contributed by atoms with E-state index in [0.717, 1.165) is 43.3 Å². The summed E-state index contributed by atoms with van der Waals surface area (Å²) in [6.07, 6.45) is 7.50. The normalized spacial score (nSPS) is 10.5. The van der Waals surface area contributed by atoms with Crippen LogP contribution in [0.25, 0.3) is 0 Å². The van der Waals surface area contributed by atoms with Gasteiger partial charge in [-0.3, -0.25) is 0 Å². The second kappa shape index (κ2) is 10.7. The number of azo groups is 1. The van der Waals surface area contributed by atoms with Gasteiger partial charge in [0.2, 0.25) is 0 Å². The minimum Gasteiger partial charge on any atom is -0.385 e. The Morgan fingerprint density at radius 1 is 1.17 bits per heavy atom. The van der Waals surface area contributed by atoms with E-state index in [9.17, 15) is 0 Å². The van der Waals surface area contributed by atoms with Gasteiger partial charge in [0.1, 0.15) is 5.69 Å². The summed E-state index contributed by atoms with van der Waals surface area (Å²) in [7, 11) is 3.89. The lowest BCUT2D eigenvalue weighted by Gasteiger charge is -2.05. The summed E-state index contributed by atoms with van der Waals surface area (Å²) < 4.78 is 3.85. The third-order valence-corrected chi connectivity index (χ3v) is 3.23. The number of nitrogens with zero attached hydrogens (tertiary/aromatic N) is 4. The number of anilines is 1. The fraction of sp³-hybridized carbons (Fsp3) is 0.438. The Labute approximate surface area is 143 Å². The number of nitrogens with two attached hydrogens (primary N) is 1. The highest BCUT2D eigenvalue weighted by Crippen LogP contribution is 2.18. The Morgan fingerprint density at radius 2 is 1.87 bits per heavy atom. The van der Waals surface area contributed by atoms with E-state index in [1.807, 2.05) is 59.9 Å². The largest absolute Gasteiger partial charge is 0.421 e. The van der Waals surface area contributed by atoms with E-state index < -0.39 is 0 Å². The summed E-state index contributed by atoms with van der Waals surface area (Å²) in [6, 6.07) is 7.94. The molecule has 0 amide bonds. The highest BCUT2D eigenvalue weighted by atomic mass is 35.5. The van der Waals surface area contributed by atoms with Crippen molar-refractivity contribution >= 4 is 28.9 Å². The zero-order chi connectivity index (χ0) is 17.1. The Balaban J connectivity index is 0.00000127. The zero-order valence-electron chi connectivity index (χ0n) is 14.0. The van der Waals surface area contributed by atoms with Gasteiger partial charge in [0.05, 0.1) is 26.5 Å². The number of rotatable bonds is 7. The number of alkyl halides is 1. The molecule has 2 aromatic rings. The Bertz CT molecular complexity index is 572. The SMILES string of the molecule is CCl.Cn1cc[n+](C)c1N=Nc1ccc(NCCCCN)cc1. The minimum atomic E-state index is 0.748. The standard InChI is InChI=1S/C15H22N6.CH3Cl/c1-20-11-12-21(2)15(20)19-18-14-7-5-13(6-8-14)17-10-4-3-9-16;1-2/h5-8,11-12H,3-4,9-10,16H2,1-2H3;1H3/p+1. The first kappa shape index (κ1) is 19.1. The molecule has 0 spiro atoms. The van der Waals surface area contributed by atoms with Crippen LogP contribution in [0.2, 0.25) is 0 Å². The molecule has 7 heteroatoms. The van der Waals surface area contributed by atoms with Gasteiger partial charge in [0, 0.05) is 23.7 Å². The summed E-state index contributed by atoms with van der Waals surface area (Å²) >= 11 is 4.64. The second-order valence-electron chi connectivity index (χ2n) is 4.99. The maximum absolute atomic E-state index is 5.47. The first-order chi connectivity index (χ1) is 11.2. The Kier molecular flexibility index (Phi) is 8.94. The highest BCUT2D eigenvalue weighted by Gasteiger charge is 2.09. The van der Waals surface area contributed by atoms with E-state index in [2.05, 4.69) is 27.1 Å². The van der Waals surface area contributed by atoms with Crippen LogP contribution in [0.5, 0.6) is 0 Å². The number of nitrogens with one attached hydrogen (secondary N) is 1. The van der Waals surface area contributed by atoms with Crippen LogP contribution < -0.4 is 15.6 Å². The molecule has 0 saturated heterocycles.